The highest BCUT2D eigenvalue weighted by Gasteiger charge is 2.16. The number of nitrogens with zero attached hydrogens (tertiary/aromatic N) is 1. The fraction of sp³-hybridized carbons (Fsp3) is 0.538. The number of hydrogen-bond acceptors (Lipinski definition) is 3. The average Bonchev–Trinajstić information content (AvgIpc) is 2.81. The van der Waals surface area contributed by atoms with Gasteiger partial charge in [-0.2, -0.15) is 0 Å². The highest BCUT2D eigenvalue weighted by Crippen LogP contribution is 2.23. The lowest BCUT2D eigenvalue weighted by atomic mass is 10.3. The number of benzene rings is 1. The number of para-hydroxylation sites is 1. The zero-order valence-electron chi connectivity index (χ0n) is 9.81. The van der Waals surface area contributed by atoms with Gasteiger partial charge in [0.2, 0.25) is 0 Å². The topological polar surface area (TPSA) is 32.7 Å². The van der Waals surface area contributed by atoms with Crippen molar-refractivity contribution in [1.82, 2.24) is 4.90 Å². The van der Waals surface area contributed by atoms with Crippen LogP contribution in [0.1, 0.15) is 12.8 Å². The van der Waals surface area contributed by atoms with Crippen LogP contribution >= 0.6 is 11.6 Å². The van der Waals surface area contributed by atoms with Gasteiger partial charge in [-0.25, -0.2) is 0 Å². The van der Waals surface area contributed by atoms with E-state index in [2.05, 4.69) is 4.90 Å². The molecule has 0 saturated carbocycles. The van der Waals surface area contributed by atoms with Crippen LogP contribution in [0.3, 0.4) is 0 Å². The molecule has 1 atom stereocenters. The molecular formula is C13H18ClNO2. The van der Waals surface area contributed by atoms with Crippen molar-refractivity contribution < 1.29 is 9.84 Å². The molecule has 0 amide bonds. The van der Waals surface area contributed by atoms with Gasteiger partial charge in [0.15, 0.2) is 0 Å². The van der Waals surface area contributed by atoms with Gasteiger partial charge < -0.3 is 14.7 Å². The molecule has 0 aliphatic carbocycles. The van der Waals surface area contributed by atoms with Crippen LogP contribution in [-0.4, -0.2) is 42.4 Å². The van der Waals surface area contributed by atoms with E-state index in [1.165, 1.54) is 12.8 Å². The summed E-state index contributed by atoms with van der Waals surface area (Å²) in [5.74, 6) is 0.634. The van der Waals surface area contributed by atoms with Crippen LogP contribution < -0.4 is 4.74 Å². The molecule has 1 aliphatic heterocycles. The van der Waals surface area contributed by atoms with Crippen molar-refractivity contribution in [1.29, 1.82) is 0 Å². The first-order valence-corrected chi connectivity index (χ1v) is 6.41. The Balaban J connectivity index is 1.75. The molecule has 3 nitrogen and oxygen atoms in total. The summed E-state index contributed by atoms with van der Waals surface area (Å²) in [6, 6.07) is 7.32. The molecular weight excluding hydrogens is 238 g/mol. The minimum absolute atomic E-state index is 0.292. The molecule has 1 heterocycles. The first kappa shape index (κ1) is 12.7. The minimum Gasteiger partial charge on any atom is -0.489 e. The molecule has 1 aliphatic rings. The van der Waals surface area contributed by atoms with Gasteiger partial charge in [-0.15, -0.1) is 0 Å². The normalized spacial score (nSPS) is 18.2. The highest BCUT2D eigenvalue weighted by atomic mass is 35.5. The SMILES string of the molecule is O[C@H](COc1ccccc1Cl)CN1CCCC1. The Kier molecular flexibility index (Phi) is 4.66. The molecule has 0 spiro atoms. The van der Waals surface area contributed by atoms with Crippen LogP contribution in [0.5, 0.6) is 5.75 Å². The molecule has 17 heavy (non-hydrogen) atoms. The van der Waals surface area contributed by atoms with Crippen LogP contribution in [0, 0.1) is 0 Å². The van der Waals surface area contributed by atoms with Crippen molar-refractivity contribution >= 4 is 11.6 Å². The highest BCUT2D eigenvalue weighted by molar-refractivity contribution is 6.32. The number of likely N-dealkylation sites (tertiary alicyclic amines) is 1. The molecule has 1 N–H and O–H groups in total. The van der Waals surface area contributed by atoms with Crippen molar-refractivity contribution in [3.63, 3.8) is 0 Å². The van der Waals surface area contributed by atoms with E-state index in [-0.39, 0.29) is 0 Å². The molecule has 0 bridgehead atoms. The first-order chi connectivity index (χ1) is 8.25. The zero-order valence-corrected chi connectivity index (χ0v) is 10.6. The predicted molar refractivity (Wildman–Crippen MR) is 68.6 cm³/mol. The number of rotatable bonds is 5. The van der Waals surface area contributed by atoms with Crippen LogP contribution in [-0.2, 0) is 0 Å². The maximum Gasteiger partial charge on any atom is 0.138 e. The third-order valence-electron chi connectivity index (χ3n) is 2.94. The van der Waals surface area contributed by atoms with Crippen LogP contribution in [0.4, 0.5) is 0 Å². The maximum atomic E-state index is 9.85. The average molecular weight is 256 g/mol. The fourth-order valence-corrected chi connectivity index (χ4v) is 2.25. The van der Waals surface area contributed by atoms with E-state index in [0.717, 1.165) is 13.1 Å². The summed E-state index contributed by atoms with van der Waals surface area (Å²) in [5, 5.41) is 10.4. The summed E-state index contributed by atoms with van der Waals surface area (Å²) in [4.78, 5) is 2.26. The monoisotopic (exact) mass is 255 g/mol. The first-order valence-electron chi connectivity index (χ1n) is 6.03. The minimum atomic E-state index is -0.454. The number of hydrogen-bond donors (Lipinski definition) is 1. The summed E-state index contributed by atoms with van der Waals surface area (Å²) in [5.41, 5.74) is 0. The van der Waals surface area contributed by atoms with E-state index < -0.39 is 6.10 Å². The van der Waals surface area contributed by atoms with Gasteiger partial charge in [0.05, 0.1) is 5.02 Å². The van der Waals surface area contributed by atoms with Crippen molar-refractivity contribution in [2.75, 3.05) is 26.2 Å². The summed E-state index contributed by atoms with van der Waals surface area (Å²) >= 11 is 5.96. The van der Waals surface area contributed by atoms with Gasteiger partial charge in [-0.1, -0.05) is 23.7 Å². The van der Waals surface area contributed by atoms with E-state index in [1.54, 1.807) is 6.07 Å². The molecule has 1 aromatic carbocycles. The number of aliphatic hydroxyl groups is 1. The third kappa shape index (κ3) is 3.87. The summed E-state index contributed by atoms with van der Waals surface area (Å²) in [7, 11) is 0. The lowest BCUT2D eigenvalue weighted by Gasteiger charge is -2.19. The Hall–Kier alpha value is -0.770. The molecule has 1 fully saturated rings. The lowest BCUT2D eigenvalue weighted by molar-refractivity contribution is 0.0759. The zero-order chi connectivity index (χ0) is 12.1. The Bertz CT molecular complexity index is 353. The Morgan fingerprint density at radius 2 is 2.00 bits per heavy atom. The quantitative estimate of drug-likeness (QED) is 0.875. The smallest absolute Gasteiger partial charge is 0.138 e. The number of aliphatic hydroxyl groups excluding tert-OH is 1. The summed E-state index contributed by atoms with van der Waals surface area (Å²) < 4.78 is 5.50. The van der Waals surface area contributed by atoms with Crippen molar-refractivity contribution in [2.24, 2.45) is 0 Å². The lowest BCUT2D eigenvalue weighted by Crippen LogP contribution is -2.33. The number of halogens is 1. The van der Waals surface area contributed by atoms with Crippen molar-refractivity contribution in [3.8, 4) is 5.75 Å². The van der Waals surface area contributed by atoms with E-state index in [0.29, 0.717) is 23.9 Å². The molecule has 0 unspecified atom stereocenters. The van der Waals surface area contributed by atoms with Crippen molar-refractivity contribution in [2.45, 2.75) is 18.9 Å². The fourth-order valence-electron chi connectivity index (χ4n) is 2.06. The van der Waals surface area contributed by atoms with Gasteiger partial charge in [0.1, 0.15) is 18.5 Å². The second kappa shape index (κ2) is 6.24. The van der Waals surface area contributed by atoms with Crippen LogP contribution in [0.15, 0.2) is 24.3 Å². The largest absolute Gasteiger partial charge is 0.489 e. The Morgan fingerprint density at radius 1 is 1.29 bits per heavy atom. The molecule has 0 radical (unpaired) electrons. The maximum absolute atomic E-state index is 9.85. The Labute approximate surface area is 107 Å². The van der Waals surface area contributed by atoms with Crippen LogP contribution in [0.2, 0.25) is 5.02 Å². The molecule has 0 aromatic heterocycles. The second-order valence-electron chi connectivity index (χ2n) is 4.40. The Morgan fingerprint density at radius 3 is 2.71 bits per heavy atom. The van der Waals surface area contributed by atoms with Gasteiger partial charge in [0, 0.05) is 6.54 Å². The van der Waals surface area contributed by atoms with E-state index >= 15 is 0 Å². The van der Waals surface area contributed by atoms with Crippen LogP contribution in [0.25, 0.3) is 0 Å². The molecule has 4 heteroatoms. The molecule has 1 aromatic rings. The summed E-state index contributed by atoms with van der Waals surface area (Å²) in [6.45, 7) is 3.15. The van der Waals surface area contributed by atoms with Gasteiger partial charge in [-0.3, -0.25) is 0 Å². The second-order valence-corrected chi connectivity index (χ2v) is 4.81. The standard InChI is InChI=1S/C13H18ClNO2/c14-12-5-1-2-6-13(12)17-10-11(16)9-15-7-3-4-8-15/h1-2,5-6,11,16H,3-4,7-10H2/t11-/m0/s1. The van der Waals surface area contributed by atoms with E-state index in [1.807, 2.05) is 18.2 Å². The van der Waals surface area contributed by atoms with Gasteiger partial charge >= 0.3 is 0 Å². The van der Waals surface area contributed by atoms with Crippen molar-refractivity contribution in [3.05, 3.63) is 29.3 Å². The van der Waals surface area contributed by atoms with E-state index in [4.69, 9.17) is 16.3 Å². The summed E-state index contributed by atoms with van der Waals surface area (Å²) in [6.07, 6.45) is 2.01. The van der Waals surface area contributed by atoms with Gasteiger partial charge in [-0.05, 0) is 38.1 Å². The number of ether oxygens (including phenoxy) is 1. The molecule has 2 rings (SSSR count). The number of β-amino-alcohol motifs (C(OH)–C–C–N with tert-alkyl or cyclic N) is 1. The third-order valence-corrected chi connectivity index (χ3v) is 3.25. The molecule has 94 valence electrons. The molecule has 1 saturated heterocycles. The van der Waals surface area contributed by atoms with Gasteiger partial charge in [0.25, 0.3) is 0 Å². The predicted octanol–water partition coefficient (Wildman–Crippen LogP) is 2.18. The van der Waals surface area contributed by atoms with E-state index in [9.17, 15) is 5.11 Å².